The molecule has 2 rings (SSSR count). The molecule has 2 atom stereocenters. The van der Waals surface area contributed by atoms with Crippen molar-refractivity contribution >= 4 is 12.1 Å². The lowest BCUT2D eigenvalue weighted by Gasteiger charge is -2.26. The maximum absolute atomic E-state index is 12.3. The van der Waals surface area contributed by atoms with Crippen LogP contribution in [0.4, 0.5) is 4.79 Å². The molecule has 0 aliphatic carbocycles. The van der Waals surface area contributed by atoms with E-state index in [9.17, 15) is 14.7 Å². The zero-order valence-electron chi connectivity index (χ0n) is 15.3. The third-order valence-electron chi connectivity index (χ3n) is 4.42. The number of carboxylic acids is 1. The lowest BCUT2D eigenvalue weighted by atomic mass is 9.82. The van der Waals surface area contributed by atoms with Gasteiger partial charge in [0.25, 0.3) is 0 Å². The van der Waals surface area contributed by atoms with E-state index in [2.05, 4.69) is 0 Å². The van der Waals surface area contributed by atoms with Crippen molar-refractivity contribution in [2.45, 2.75) is 45.1 Å². The highest BCUT2D eigenvalue weighted by Crippen LogP contribution is 2.34. The summed E-state index contributed by atoms with van der Waals surface area (Å²) < 4.78 is 10.6. The molecular weight excluding hydrogens is 322 g/mol. The van der Waals surface area contributed by atoms with Crippen LogP contribution < -0.4 is 4.74 Å². The quantitative estimate of drug-likeness (QED) is 0.904. The second-order valence-corrected chi connectivity index (χ2v) is 7.37. The first-order chi connectivity index (χ1) is 11.7. The topological polar surface area (TPSA) is 76.1 Å². The minimum atomic E-state index is -0.827. The molecule has 1 aromatic rings. The molecule has 1 saturated heterocycles. The Labute approximate surface area is 148 Å². The average Bonchev–Trinajstić information content (AvgIpc) is 2.76. The van der Waals surface area contributed by atoms with Gasteiger partial charge in [0.1, 0.15) is 11.4 Å². The number of carbonyl (C=O) groups is 2. The van der Waals surface area contributed by atoms with Crippen LogP contribution in [0.25, 0.3) is 0 Å². The fraction of sp³-hybridized carbons (Fsp3) is 0.579. The maximum atomic E-state index is 12.3. The highest BCUT2D eigenvalue weighted by atomic mass is 16.6. The van der Waals surface area contributed by atoms with Crippen LogP contribution in [0.15, 0.2) is 24.3 Å². The Morgan fingerprint density at radius 3 is 2.24 bits per heavy atom. The van der Waals surface area contributed by atoms with Crippen LogP contribution in [0, 0.1) is 5.92 Å². The Hall–Kier alpha value is -2.24. The van der Waals surface area contributed by atoms with Crippen molar-refractivity contribution in [1.29, 1.82) is 0 Å². The van der Waals surface area contributed by atoms with Crippen LogP contribution >= 0.6 is 0 Å². The monoisotopic (exact) mass is 349 g/mol. The zero-order chi connectivity index (χ0) is 18.6. The van der Waals surface area contributed by atoms with Gasteiger partial charge in [0.05, 0.1) is 13.0 Å². The molecule has 1 aliphatic rings. The molecule has 6 nitrogen and oxygen atoms in total. The third-order valence-corrected chi connectivity index (χ3v) is 4.42. The van der Waals surface area contributed by atoms with Crippen molar-refractivity contribution < 1.29 is 24.2 Å². The largest absolute Gasteiger partial charge is 0.497 e. The standard InChI is InChI=1S/C19H27NO5/c1-19(2,3)25-18(23)20-11-9-15(16(10-12-20)17(21)22)13-5-7-14(24-4)8-6-13/h5-8,15-16H,9-12H2,1-4H3,(H,21,22)/t15-,16+/m0/s1. The zero-order valence-corrected chi connectivity index (χ0v) is 15.3. The Morgan fingerprint density at radius 1 is 1.12 bits per heavy atom. The minimum Gasteiger partial charge on any atom is -0.497 e. The summed E-state index contributed by atoms with van der Waals surface area (Å²) in [7, 11) is 1.60. The number of carboxylic acid groups (broad SMARTS) is 1. The van der Waals surface area contributed by atoms with E-state index in [0.29, 0.717) is 25.9 Å². The van der Waals surface area contributed by atoms with Gasteiger partial charge >= 0.3 is 12.1 Å². The summed E-state index contributed by atoms with van der Waals surface area (Å²) in [6.45, 7) is 6.34. The number of aliphatic carboxylic acids is 1. The Morgan fingerprint density at radius 2 is 1.72 bits per heavy atom. The predicted octanol–water partition coefficient (Wildman–Crippen LogP) is 3.51. The first-order valence-corrected chi connectivity index (χ1v) is 8.56. The van der Waals surface area contributed by atoms with Crippen molar-refractivity contribution in [2.24, 2.45) is 5.92 Å². The second-order valence-electron chi connectivity index (χ2n) is 7.37. The second kappa shape index (κ2) is 7.76. The van der Waals surface area contributed by atoms with Crippen molar-refractivity contribution in [1.82, 2.24) is 4.90 Å². The number of benzene rings is 1. The average molecular weight is 349 g/mol. The smallest absolute Gasteiger partial charge is 0.410 e. The molecule has 138 valence electrons. The van der Waals surface area contributed by atoms with Crippen molar-refractivity contribution in [3.8, 4) is 5.75 Å². The van der Waals surface area contributed by atoms with Gasteiger partial charge in [0, 0.05) is 13.1 Å². The lowest BCUT2D eigenvalue weighted by Crippen LogP contribution is -2.37. The molecule has 1 aromatic carbocycles. The summed E-state index contributed by atoms with van der Waals surface area (Å²) in [5.74, 6) is -0.761. The fourth-order valence-corrected chi connectivity index (χ4v) is 3.16. The van der Waals surface area contributed by atoms with Crippen LogP contribution in [0.1, 0.15) is 45.1 Å². The molecule has 6 heteroatoms. The van der Waals surface area contributed by atoms with Crippen LogP contribution in [-0.2, 0) is 9.53 Å². The molecule has 1 fully saturated rings. The van der Waals surface area contributed by atoms with Crippen LogP contribution in [-0.4, -0.2) is 47.9 Å². The van der Waals surface area contributed by atoms with Gasteiger partial charge in [-0.3, -0.25) is 4.79 Å². The number of carbonyl (C=O) groups excluding carboxylic acids is 1. The normalized spacial score (nSPS) is 21.4. The lowest BCUT2D eigenvalue weighted by molar-refractivity contribution is -0.142. The molecule has 25 heavy (non-hydrogen) atoms. The van der Waals surface area contributed by atoms with Crippen LogP contribution in [0.2, 0.25) is 0 Å². The van der Waals surface area contributed by atoms with Crippen LogP contribution in [0.3, 0.4) is 0 Å². The highest BCUT2D eigenvalue weighted by molar-refractivity contribution is 5.72. The molecule has 0 unspecified atom stereocenters. The van der Waals surface area contributed by atoms with E-state index in [1.54, 1.807) is 12.0 Å². The van der Waals surface area contributed by atoms with E-state index in [1.807, 2.05) is 45.0 Å². The molecule has 0 spiro atoms. The molecule has 1 aliphatic heterocycles. The van der Waals surface area contributed by atoms with Gasteiger partial charge in [-0.05, 0) is 57.2 Å². The summed E-state index contributed by atoms with van der Waals surface area (Å²) in [5.41, 5.74) is 0.393. The van der Waals surface area contributed by atoms with Gasteiger partial charge in [0.15, 0.2) is 0 Å². The SMILES string of the molecule is COc1ccc([C@@H]2CCN(C(=O)OC(C)(C)C)CC[C@H]2C(=O)O)cc1. The highest BCUT2D eigenvalue weighted by Gasteiger charge is 2.34. The number of nitrogens with zero attached hydrogens (tertiary/aromatic N) is 1. The van der Waals surface area contributed by atoms with E-state index in [-0.39, 0.29) is 12.0 Å². The number of likely N-dealkylation sites (tertiary alicyclic amines) is 1. The Balaban J connectivity index is 2.16. The number of hydrogen-bond donors (Lipinski definition) is 1. The summed E-state index contributed by atoms with van der Waals surface area (Å²) in [4.78, 5) is 25.7. The van der Waals surface area contributed by atoms with Crippen LogP contribution in [0.5, 0.6) is 5.75 Å². The molecule has 0 aromatic heterocycles. The van der Waals surface area contributed by atoms with E-state index in [0.717, 1.165) is 11.3 Å². The van der Waals surface area contributed by atoms with E-state index >= 15 is 0 Å². The summed E-state index contributed by atoms with van der Waals surface area (Å²) in [5, 5.41) is 9.65. The number of hydrogen-bond acceptors (Lipinski definition) is 4. The van der Waals surface area contributed by atoms with Gasteiger partial charge < -0.3 is 19.5 Å². The maximum Gasteiger partial charge on any atom is 0.410 e. The molecule has 0 saturated carbocycles. The van der Waals surface area contributed by atoms with Gasteiger partial charge in [-0.2, -0.15) is 0 Å². The molecule has 1 amide bonds. The summed E-state index contributed by atoms with van der Waals surface area (Å²) in [6, 6.07) is 7.49. The fourth-order valence-electron chi connectivity index (χ4n) is 3.16. The molecular formula is C19H27NO5. The Kier molecular flexibility index (Phi) is 5.93. The van der Waals surface area contributed by atoms with Gasteiger partial charge in [0.2, 0.25) is 0 Å². The summed E-state index contributed by atoms with van der Waals surface area (Å²) >= 11 is 0. The van der Waals surface area contributed by atoms with E-state index in [4.69, 9.17) is 9.47 Å². The minimum absolute atomic E-state index is 0.143. The first-order valence-electron chi connectivity index (χ1n) is 8.56. The first kappa shape index (κ1) is 19.1. The third kappa shape index (κ3) is 5.11. The number of rotatable bonds is 3. The molecule has 0 radical (unpaired) electrons. The molecule has 1 heterocycles. The Bertz CT molecular complexity index is 605. The molecule has 0 bridgehead atoms. The van der Waals surface area contributed by atoms with Gasteiger partial charge in [-0.15, -0.1) is 0 Å². The van der Waals surface area contributed by atoms with E-state index < -0.39 is 17.5 Å². The van der Waals surface area contributed by atoms with Gasteiger partial charge in [-0.1, -0.05) is 12.1 Å². The van der Waals surface area contributed by atoms with Crippen molar-refractivity contribution in [3.05, 3.63) is 29.8 Å². The van der Waals surface area contributed by atoms with Crippen molar-refractivity contribution in [3.63, 3.8) is 0 Å². The number of methoxy groups -OCH3 is 1. The van der Waals surface area contributed by atoms with E-state index in [1.165, 1.54) is 0 Å². The molecule has 1 N–H and O–H groups in total. The number of amides is 1. The predicted molar refractivity (Wildman–Crippen MR) is 93.9 cm³/mol. The van der Waals surface area contributed by atoms with Crippen molar-refractivity contribution in [2.75, 3.05) is 20.2 Å². The number of ether oxygens (including phenoxy) is 2. The summed E-state index contributed by atoms with van der Waals surface area (Å²) in [6.07, 6.45) is 0.611. The van der Waals surface area contributed by atoms with Gasteiger partial charge in [-0.25, -0.2) is 4.79 Å².